The molecule has 1 aromatic carbocycles. The first-order valence-corrected chi connectivity index (χ1v) is 7.72. The van der Waals surface area contributed by atoms with Crippen LogP contribution in [-0.4, -0.2) is 16.7 Å². The predicted molar refractivity (Wildman–Crippen MR) is 82.3 cm³/mol. The Morgan fingerprint density at radius 2 is 2.15 bits per heavy atom. The average Bonchev–Trinajstić information content (AvgIpc) is 3.16. The number of halogens is 1. The highest BCUT2D eigenvalue weighted by atomic mass is 35.5. The summed E-state index contributed by atoms with van der Waals surface area (Å²) in [6.07, 6.45) is 2.62. The molecule has 3 rings (SSSR count). The zero-order valence-corrected chi connectivity index (χ0v) is 13.1. The van der Waals surface area contributed by atoms with Crippen molar-refractivity contribution in [3.05, 3.63) is 24.0 Å². The number of alkyl halides is 1. The van der Waals surface area contributed by atoms with Gasteiger partial charge in [-0.25, -0.2) is 4.98 Å². The third-order valence-corrected chi connectivity index (χ3v) is 4.98. The van der Waals surface area contributed by atoms with E-state index in [1.54, 1.807) is 7.11 Å². The lowest BCUT2D eigenvalue weighted by molar-refractivity contribution is 0.309. The summed E-state index contributed by atoms with van der Waals surface area (Å²) < 4.78 is 7.57. The van der Waals surface area contributed by atoms with Crippen molar-refractivity contribution in [2.45, 2.75) is 39.1 Å². The molecule has 1 heterocycles. The van der Waals surface area contributed by atoms with Crippen LogP contribution in [0.2, 0.25) is 0 Å². The van der Waals surface area contributed by atoms with Gasteiger partial charge in [0.2, 0.25) is 0 Å². The van der Waals surface area contributed by atoms with Crippen LogP contribution in [0.25, 0.3) is 11.0 Å². The monoisotopic (exact) mass is 292 g/mol. The molecule has 0 bridgehead atoms. The SMILES string of the molecule is COc1ccc2c(c1)nc(CCl)n2CC1(C(C)C)CC1. The Morgan fingerprint density at radius 1 is 1.40 bits per heavy atom. The van der Waals surface area contributed by atoms with E-state index >= 15 is 0 Å². The second-order valence-corrected chi connectivity index (χ2v) is 6.39. The Morgan fingerprint density at radius 3 is 2.70 bits per heavy atom. The molecule has 1 aliphatic carbocycles. The number of fused-ring (bicyclic) bond motifs is 1. The number of nitrogens with zero attached hydrogens (tertiary/aromatic N) is 2. The van der Waals surface area contributed by atoms with Gasteiger partial charge in [-0.1, -0.05) is 13.8 Å². The van der Waals surface area contributed by atoms with E-state index in [9.17, 15) is 0 Å². The van der Waals surface area contributed by atoms with Gasteiger partial charge in [-0.15, -0.1) is 11.6 Å². The topological polar surface area (TPSA) is 27.1 Å². The molecule has 1 aliphatic rings. The van der Waals surface area contributed by atoms with Crippen LogP contribution in [0.1, 0.15) is 32.5 Å². The number of benzene rings is 1. The Hall–Kier alpha value is -1.22. The van der Waals surface area contributed by atoms with Gasteiger partial charge in [0.1, 0.15) is 11.6 Å². The van der Waals surface area contributed by atoms with Crippen LogP contribution in [0.15, 0.2) is 18.2 Å². The van der Waals surface area contributed by atoms with E-state index in [0.717, 1.165) is 29.2 Å². The Balaban J connectivity index is 2.04. The van der Waals surface area contributed by atoms with E-state index in [1.807, 2.05) is 12.1 Å². The van der Waals surface area contributed by atoms with Crippen molar-refractivity contribution in [2.24, 2.45) is 11.3 Å². The molecular formula is C16H21ClN2O. The highest BCUT2D eigenvalue weighted by Crippen LogP contribution is 2.53. The second kappa shape index (κ2) is 4.96. The molecule has 20 heavy (non-hydrogen) atoms. The largest absolute Gasteiger partial charge is 0.497 e. The molecule has 2 aromatic rings. The minimum absolute atomic E-state index is 0.439. The fraction of sp³-hybridized carbons (Fsp3) is 0.562. The van der Waals surface area contributed by atoms with E-state index in [0.29, 0.717) is 17.2 Å². The molecule has 0 atom stereocenters. The molecule has 0 spiro atoms. The minimum atomic E-state index is 0.439. The van der Waals surface area contributed by atoms with Gasteiger partial charge < -0.3 is 9.30 Å². The van der Waals surface area contributed by atoms with Crippen LogP contribution in [0.4, 0.5) is 0 Å². The van der Waals surface area contributed by atoms with Crippen molar-refractivity contribution < 1.29 is 4.74 Å². The van der Waals surface area contributed by atoms with E-state index in [4.69, 9.17) is 16.3 Å². The molecule has 0 N–H and O–H groups in total. The quantitative estimate of drug-likeness (QED) is 0.772. The van der Waals surface area contributed by atoms with Crippen molar-refractivity contribution in [3.8, 4) is 5.75 Å². The van der Waals surface area contributed by atoms with Crippen molar-refractivity contribution >= 4 is 22.6 Å². The zero-order chi connectivity index (χ0) is 14.3. The number of methoxy groups -OCH3 is 1. The van der Waals surface area contributed by atoms with Gasteiger partial charge in [0.25, 0.3) is 0 Å². The number of imidazole rings is 1. The van der Waals surface area contributed by atoms with Gasteiger partial charge in [-0.05, 0) is 36.3 Å². The Bertz CT molecular complexity index is 629. The normalized spacial score (nSPS) is 16.9. The standard InChI is InChI=1S/C16H21ClN2O/c1-11(2)16(6-7-16)10-19-14-5-4-12(20-3)8-13(14)18-15(19)9-17/h4-5,8,11H,6-7,9-10H2,1-3H3. The average molecular weight is 293 g/mol. The number of hydrogen-bond acceptors (Lipinski definition) is 2. The predicted octanol–water partition coefficient (Wildman–Crippen LogP) is 4.22. The van der Waals surface area contributed by atoms with Crippen LogP contribution in [0, 0.1) is 11.3 Å². The van der Waals surface area contributed by atoms with Gasteiger partial charge in [-0.2, -0.15) is 0 Å². The maximum atomic E-state index is 6.09. The maximum Gasteiger partial charge on any atom is 0.124 e. The third kappa shape index (κ3) is 2.18. The highest BCUT2D eigenvalue weighted by Gasteiger charge is 2.46. The van der Waals surface area contributed by atoms with Gasteiger partial charge >= 0.3 is 0 Å². The molecule has 0 unspecified atom stereocenters. The number of rotatable bonds is 5. The molecule has 108 valence electrons. The van der Waals surface area contributed by atoms with E-state index in [1.165, 1.54) is 12.8 Å². The van der Waals surface area contributed by atoms with E-state index in [-0.39, 0.29) is 0 Å². The number of ether oxygens (including phenoxy) is 1. The van der Waals surface area contributed by atoms with Crippen LogP contribution in [0.3, 0.4) is 0 Å². The first-order chi connectivity index (χ1) is 9.59. The molecule has 3 nitrogen and oxygen atoms in total. The Labute approximate surface area is 124 Å². The molecule has 1 fully saturated rings. The summed E-state index contributed by atoms with van der Waals surface area (Å²) in [5.74, 6) is 2.95. The first kappa shape index (κ1) is 13.7. The summed E-state index contributed by atoms with van der Waals surface area (Å²) in [5.41, 5.74) is 2.57. The molecule has 0 saturated heterocycles. The van der Waals surface area contributed by atoms with Gasteiger partial charge in [0.05, 0.1) is 24.0 Å². The third-order valence-electron chi connectivity index (χ3n) is 4.74. The number of hydrogen-bond donors (Lipinski definition) is 0. The zero-order valence-electron chi connectivity index (χ0n) is 12.3. The van der Waals surface area contributed by atoms with E-state index < -0.39 is 0 Å². The smallest absolute Gasteiger partial charge is 0.124 e. The van der Waals surface area contributed by atoms with E-state index in [2.05, 4.69) is 29.5 Å². The van der Waals surface area contributed by atoms with Gasteiger partial charge in [0.15, 0.2) is 0 Å². The summed E-state index contributed by atoms with van der Waals surface area (Å²) in [4.78, 5) is 4.66. The fourth-order valence-corrected chi connectivity index (χ4v) is 3.16. The van der Waals surface area contributed by atoms with Crippen LogP contribution in [-0.2, 0) is 12.4 Å². The summed E-state index contributed by atoms with van der Waals surface area (Å²) in [5, 5.41) is 0. The van der Waals surface area contributed by atoms with Crippen molar-refractivity contribution in [2.75, 3.05) is 7.11 Å². The first-order valence-electron chi connectivity index (χ1n) is 7.19. The van der Waals surface area contributed by atoms with Crippen LogP contribution < -0.4 is 4.74 Å². The lowest BCUT2D eigenvalue weighted by atomic mass is 9.92. The number of aromatic nitrogens is 2. The van der Waals surface area contributed by atoms with Crippen LogP contribution >= 0.6 is 11.6 Å². The summed E-state index contributed by atoms with van der Waals surface area (Å²) in [7, 11) is 1.68. The minimum Gasteiger partial charge on any atom is -0.497 e. The van der Waals surface area contributed by atoms with Crippen molar-refractivity contribution in [1.82, 2.24) is 9.55 Å². The van der Waals surface area contributed by atoms with Crippen molar-refractivity contribution in [1.29, 1.82) is 0 Å². The molecule has 1 saturated carbocycles. The lowest BCUT2D eigenvalue weighted by Gasteiger charge is -2.21. The molecule has 0 amide bonds. The lowest BCUT2D eigenvalue weighted by Crippen LogP contribution is -2.19. The van der Waals surface area contributed by atoms with Gasteiger partial charge in [0, 0.05) is 12.6 Å². The van der Waals surface area contributed by atoms with Crippen molar-refractivity contribution in [3.63, 3.8) is 0 Å². The van der Waals surface area contributed by atoms with Crippen LogP contribution in [0.5, 0.6) is 5.75 Å². The molecule has 0 aliphatic heterocycles. The molecule has 0 radical (unpaired) electrons. The molecule has 4 heteroatoms. The fourth-order valence-electron chi connectivity index (χ4n) is 2.96. The molecule has 1 aromatic heterocycles. The van der Waals surface area contributed by atoms with Gasteiger partial charge in [-0.3, -0.25) is 0 Å². The Kier molecular flexibility index (Phi) is 3.41. The summed E-state index contributed by atoms with van der Waals surface area (Å²) >= 11 is 6.09. The molecular weight excluding hydrogens is 272 g/mol. The second-order valence-electron chi connectivity index (χ2n) is 6.12. The summed E-state index contributed by atoms with van der Waals surface area (Å²) in [6.45, 7) is 5.65. The summed E-state index contributed by atoms with van der Waals surface area (Å²) in [6, 6.07) is 6.07. The highest BCUT2D eigenvalue weighted by molar-refractivity contribution is 6.16. The maximum absolute atomic E-state index is 6.09.